The van der Waals surface area contributed by atoms with Crippen LogP contribution in [0.15, 0.2) is 78.9 Å². The number of rotatable bonds is 6. The number of nitrogens with one attached hydrogen (secondary N) is 1. The Kier molecular flexibility index (Phi) is 7.20. The molecule has 4 rings (SSSR count). The van der Waals surface area contributed by atoms with E-state index in [-0.39, 0.29) is 30.8 Å². The highest BCUT2D eigenvalue weighted by Crippen LogP contribution is 2.28. The van der Waals surface area contributed by atoms with Crippen LogP contribution in [-0.4, -0.2) is 41.1 Å². The van der Waals surface area contributed by atoms with Crippen molar-refractivity contribution in [3.63, 3.8) is 0 Å². The standard InChI is InChI=1S/C29H30N4O3/c1-4-19(2)23-14-15-24(30)25(16-23)31-28(35)22-12-10-20(11-13-22)17-33-18-26(34)32(3)27(29(33)36)21-8-6-5-7-9-21/h4-16,27H,17-18,30H2,1-3H3,(H,31,35)/b19-4+. The fourth-order valence-corrected chi connectivity index (χ4v) is 4.22. The number of nitrogens with zero attached hydrogens (tertiary/aromatic N) is 2. The lowest BCUT2D eigenvalue weighted by Crippen LogP contribution is -2.53. The van der Waals surface area contributed by atoms with Crippen LogP contribution in [-0.2, 0) is 16.1 Å². The fraction of sp³-hybridized carbons (Fsp3) is 0.207. The summed E-state index contributed by atoms with van der Waals surface area (Å²) < 4.78 is 0. The van der Waals surface area contributed by atoms with Crippen LogP contribution < -0.4 is 11.1 Å². The minimum atomic E-state index is -0.648. The van der Waals surface area contributed by atoms with Gasteiger partial charge in [-0.3, -0.25) is 14.4 Å². The van der Waals surface area contributed by atoms with Gasteiger partial charge in [0.1, 0.15) is 12.6 Å². The van der Waals surface area contributed by atoms with E-state index in [0.29, 0.717) is 16.9 Å². The molecule has 3 aromatic rings. The van der Waals surface area contributed by atoms with Gasteiger partial charge < -0.3 is 20.9 Å². The third-order valence-electron chi connectivity index (χ3n) is 6.55. The minimum absolute atomic E-state index is 0.0160. The number of benzene rings is 3. The number of carbonyl (C=O) groups is 3. The number of piperazine rings is 1. The van der Waals surface area contributed by atoms with Crippen LogP contribution in [0, 0.1) is 0 Å². The highest BCUT2D eigenvalue weighted by Gasteiger charge is 2.38. The molecule has 1 saturated heterocycles. The Morgan fingerprint density at radius 1 is 1.03 bits per heavy atom. The van der Waals surface area contributed by atoms with Gasteiger partial charge in [0.05, 0.1) is 11.4 Å². The van der Waals surface area contributed by atoms with Gasteiger partial charge in [0.25, 0.3) is 11.8 Å². The van der Waals surface area contributed by atoms with E-state index >= 15 is 0 Å². The first kappa shape index (κ1) is 24.7. The normalized spacial score (nSPS) is 16.3. The first-order valence-corrected chi connectivity index (χ1v) is 11.8. The van der Waals surface area contributed by atoms with Crippen LogP contribution in [0.25, 0.3) is 5.57 Å². The average Bonchev–Trinajstić information content (AvgIpc) is 2.89. The molecule has 0 aromatic heterocycles. The van der Waals surface area contributed by atoms with Crippen molar-refractivity contribution in [2.45, 2.75) is 26.4 Å². The number of hydrogen-bond acceptors (Lipinski definition) is 4. The van der Waals surface area contributed by atoms with E-state index in [1.54, 1.807) is 42.3 Å². The highest BCUT2D eigenvalue weighted by atomic mass is 16.2. The Hall–Kier alpha value is -4.39. The van der Waals surface area contributed by atoms with Crippen molar-refractivity contribution in [1.29, 1.82) is 0 Å². The Balaban J connectivity index is 1.47. The summed E-state index contributed by atoms with van der Waals surface area (Å²) >= 11 is 0. The molecule has 7 heteroatoms. The van der Waals surface area contributed by atoms with Crippen LogP contribution in [0.1, 0.15) is 46.9 Å². The number of hydrogen-bond donors (Lipinski definition) is 2. The first-order valence-electron chi connectivity index (χ1n) is 11.8. The fourth-order valence-electron chi connectivity index (χ4n) is 4.22. The quantitative estimate of drug-likeness (QED) is 0.506. The maximum atomic E-state index is 13.2. The molecule has 184 valence electrons. The van der Waals surface area contributed by atoms with Crippen molar-refractivity contribution < 1.29 is 14.4 Å². The third-order valence-corrected chi connectivity index (χ3v) is 6.55. The van der Waals surface area contributed by atoms with Gasteiger partial charge in [-0.25, -0.2) is 0 Å². The van der Waals surface area contributed by atoms with Gasteiger partial charge in [-0.1, -0.05) is 54.6 Å². The van der Waals surface area contributed by atoms with Gasteiger partial charge in [0.15, 0.2) is 0 Å². The monoisotopic (exact) mass is 482 g/mol. The molecule has 0 saturated carbocycles. The lowest BCUT2D eigenvalue weighted by Gasteiger charge is -2.38. The maximum Gasteiger partial charge on any atom is 0.255 e. The van der Waals surface area contributed by atoms with Crippen molar-refractivity contribution in [3.05, 3.63) is 101 Å². The second-order valence-corrected chi connectivity index (χ2v) is 8.94. The van der Waals surface area contributed by atoms with Crippen LogP contribution in [0.2, 0.25) is 0 Å². The van der Waals surface area contributed by atoms with Crippen LogP contribution >= 0.6 is 0 Å². The molecule has 1 unspecified atom stereocenters. The number of nitrogens with two attached hydrogens (primary N) is 1. The molecule has 1 fully saturated rings. The van der Waals surface area contributed by atoms with E-state index in [1.165, 1.54) is 4.90 Å². The molecule has 1 aliphatic heterocycles. The van der Waals surface area contributed by atoms with E-state index in [9.17, 15) is 14.4 Å². The molecule has 3 aromatic carbocycles. The lowest BCUT2D eigenvalue weighted by molar-refractivity contribution is -0.155. The van der Waals surface area contributed by atoms with Gasteiger partial charge >= 0.3 is 0 Å². The summed E-state index contributed by atoms with van der Waals surface area (Å²) in [7, 11) is 1.66. The van der Waals surface area contributed by atoms with Gasteiger partial charge in [-0.15, -0.1) is 0 Å². The maximum absolute atomic E-state index is 13.2. The average molecular weight is 483 g/mol. The highest BCUT2D eigenvalue weighted by molar-refractivity contribution is 6.06. The van der Waals surface area contributed by atoms with Crippen molar-refractivity contribution >= 4 is 34.7 Å². The third kappa shape index (κ3) is 5.15. The smallest absolute Gasteiger partial charge is 0.255 e. The Bertz CT molecular complexity index is 1320. The summed E-state index contributed by atoms with van der Waals surface area (Å²) in [4.78, 5) is 41.8. The second kappa shape index (κ2) is 10.5. The molecule has 3 N–H and O–H groups in total. The topological polar surface area (TPSA) is 95.7 Å². The second-order valence-electron chi connectivity index (χ2n) is 8.94. The van der Waals surface area contributed by atoms with Crippen LogP contribution in [0.5, 0.6) is 0 Å². The lowest BCUT2D eigenvalue weighted by atomic mass is 10.0. The molecule has 1 aliphatic rings. The largest absolute Gasteiger partial charge is 0.397 e. The summed E-state index contributed by atoms with van der Waals surface area (Å²) in [6.45, 7) is 4.25. The predicted octanol–water partition coefficient (Wildman–Crippen LogP) is 4.49. The van der Waals surface area contributed by atoms with Gasteiger partial charge in [-0.05, 0) is 60.4 Å². The molecule has 1 atom stereocenters. The summed E-state index contributed by atoms with van der Waals surface area (Å²) in [6.07, 6.45) is 2.00. The van der Waals surface area contributed by atoms with E-state index in [1.807, 2.05) is 62.4 Å². The van der Waals surface area contributed by atoms with Crippen molar-refractivity contribution in [2.75, 3.05) is 24.6 Å². The zero-order valence-corrected chi connectivity index (χ0v) is 20.7. The summed E-state index contributed by atoms with van der Waals surface area (Å²) in [6, 6.07) is 21.2. The van der Waals surface area contributed by atoms with E-state index in [0.717, 1.165) is 22.3 Å². The van der Waals surface area contributed by atoms with Crippen LogP contribution in [0.4, 0.5) is 11.4 Å². The molecule has 7 nitrogen and oxygen atoms in total. The summed E-state index contributed by atoms with van der Waals surface area (Å²) in [5, 5.41) is 2.88. The van der Waals surface area contributed by atoms with Crippen molar-refractivity contribution in [2.24, 2.45) is 0 Å². The molecular weight excluding hydrogens is 452 g/mol. The SMILES string of the molecule is C/C=C(\C)c1ccc(N)c(NC(=O)c2ccc(CN3CC(=O)N(C)C(c4ccccc4)C3=O)cc2)c1. The summed E-state index contributed by atoms with van der Waals surface area (Å²) in [5.74, 6) is -0.525. The number of amides is 3. The zero-order valence-electron chi connectivity index (χ0n) is 20.7. The number of nitrogen functional groups attached to an aromatic ring is 1. The number of anilines is 2. The molecule has 0 spiro atoms. The molecule has 0 aliphatic carbocycles. The molecular formula is C29H30N4O3. The van der Waals surface area contributed by atoms with Crippen molar-refractivity contribution in [3.8, 4) is 0 Å². The Morgan fingerprint density at radius 2 is 1.69 bits per heavy atom. The first-order chi connectivity index (χ1) is 17.3. The number of allylic oxidation sites excluding steroid dienone is 2. The van der Waals surface area contributed by atoms with Gasteiger partial charge in [0.2, 0.25) is 5.91 Å². The van der Waals surface area contributed by atoms with Gasteiger partial charge in [0, 0.05) is 19.2 Å². The van der Waals surface area contributed by atoms with E-state index in [2.05, 4.69) is 5.32 Å². The number of carbonyl (C=O) groups excluding carboxylic acids is 3. The Labute approximate surface area is 211 Å². The Morgan fingerprint density at radius 3 is 2.36 bits per heavy atom. The van der Waals surface area contributed by atoms with E-state index in [4.69, 9.17) is 5.73 Å². The predicted molar refractivity (Wildman–Crippen MR) is 142 cm³/mol. The summed E-state index contributed by atoms with van der Waals surface area (Å²) in [5.41, 5.74) is 11.3. The minimum Gasteiger partial charge on any atom is -0.397 e. The van der Waals surface area contributed by atoms with Crippen molar-refractivity contribution in [1.82, 2.24) is 9.80 Å². The van der Waals surface area contributed by atoms with Gasteiger partial charge in [-0.2, -0.15) is 0 Å². The molecule has 36 heavy (non-hydrogen) atoms. The zero-order chi connectivity index (χ0) is 25.8. The van der Waals surface area contributed by atoms with Crippen LogP contribution in [0.3, 0.4) is 0 Å². The molecule has 0 radical (unpaired) electrons. The van der Waals surface area contributed by atoms with E-state index < -0.39 is 6.04 Å². The molecule has 3 amide bonds. The molecule has 0 bridgehead atoms. The number of likely N-dealkylation sites (N-methyl/N-ethyl adjacent to an activating group) is 1. The molecule has 1 heterocycles.